The fourth-order valence-electron chi connectivity index (χ4n) is 1.45. The van der Waals surface area contributed by atoms with E-state index < -0.39 is 0 Å². The molecule has 0 unspecified atom stereocenters. The van der Waals surface area contributed by atoms with Crippen LogP contribution in [0.2, 0.25) is 0 Å². The molecule has 0 aliphatic carbocycles. The van der Waals surface area contributed by atoms with E-state index in [1.165, 1.54) is 11.1 Å². The molecule has 0 saturated carbocycles. The lowest BCUT2D eigenvalue weighted by molar-refractivity contribution is 1.09. The van der Waals surface area contributed by atoms with Gasteiger partial charge in [-0.1, -0.05) is 29.8 Å². The van der Waals surface area contributed by atoms with Gasteiger partial charge in [0.25, 0.3) is 0 Å². The normalized spacial score (nSPS) is 10.4. The van der Waals surface area contributed by atoms with Crippen LogP contribution in [0.5, 0.6) is 0 Å². The minimum absolute atomic E-state index is 0.891. The molecule has 1 N–H and O–H groups in total. The lowest BCUT2D eigenvalue weighted by atomic mass is 10.1. The van der Waals surface area contributed by atoms with E-state index in [1.54, 1.807) is 6.33 Å². The predicted molar refractivity (Wildman–Crippen MR) is 60.3 cm³/mol. The molecule has 1 aromatic carbocycles. The van der Waals surface area contributed by atoms with E-state index in [0.29, 0.717) is 0 Å². The fourth-order valence-corrected chi connectivity index (χ4v) is 1.81. The van der Waals surface area contributed by atoms with Gasteiger partial charge in [-0.3, -0.25) is 0 Å². The Morgan fingerprint density at radius 1 is 1.43 bits per heavy atom. The van der Waals surface area contributed by atoms with Gasteiger partial charge in [-0.05, 0) is 28.4 Å². The number of halogens is 1. The highest BCUT2D eigenvalue weighted by Gasteiger charge is 2.02. The molecule has 2 nitrogen and oxygen atoms in total. The van der Waals surface area contributed by atoms with Gasteiger partial charge in [0, 0.05) is 6.42 Å². The zero-order valence-electron chi connectivity index (χ0n) is 7.92. The number of rotatable bonds is 2. The monoisotopic (exact) mass is 250 g/mol. The van der Waals surface area contributed by atoms with Crippen molar-refractivity contribution in [2.24, 2.45) is 0 Å². The molecule has 2 aromatic rings. The molecule has 72 valence electrons. The topological polar surface area (TPSA) is 28.7 Å². The third-order valence-corrected chi connectivity index (χ3v) is 2.81. The van der Waals surface area contributed by atoms with Gasteiger partial charge < -0.3 is 4.98 Å². The van der Waals surface area contributed by atoms with Gasteiger partial charge in [-0.2, -0.15) is 0 Å². The second-order valence-corrected chi connectivity index (χ2v) is 4.09. The van der Waals surface area contributed by atoms with Crippen LogP contribution in [-0.2, 0) is 6.42 Å². The Balaban J connectivity index is 2.23. The van der Waals surface area contributed by atoms with Crippen molar-refractivity contribution in [2.45, 2.75) is 13.3 Å². The first-order chi connectivity index (χ1) is 6.75. The molecule has 0 saturated heterocycles. The molecular formula is C11H11BrN2. The molecule has 1 aromatic heterocycles. The van der Waals surface area contributed by atoms with Gasteiger partial charge in [0.1, 0.15) is 4.60 Å². The number of aromatic nitrogens is 2. The number of imidazole rings is 1. The molecule has 1 heterocycles. The van der Waals surface area contributed by atoms with Crippen molar-refractivity contribution in [1.82, 2.24) is 9.97 Å². The van der Waals surface area contributed by atoms with Crippen LogP contribution in [0.3, 0.4) is 0 Å². The molecule has 0 fully saturated rings. The molecule has 0 radical (unpaired) electrons. The minimum atomic E-state index is 0.891. The number of hydrogen-bond donors (Lipinski definition) is 1. The Morgan fingerprint density at radius 2 is 2.29 bits per heavy atom. The van der Waals surface area contributed by atoms with Crippen molar-refractivity contribution in [3.05, 3.63) is 52.0 Å². The van der Waals surface area contributed by atoms with E-state index in [1.807, 2.05) is 0 Å². The summed E-state index contributed by atoms with van der Waals surface area (Å²) in [7, 11) is 0. The van der Waals surface area contributed by atoms with Crippen LogP contribution in [0.4, 0.5) is 0 Å². The number of hydrogen-bond acceptors (Lipinski definition) is 1. The Bertz CT molecular complexity index is 434. The largest absolute Gasteiger partial charge is 0.347 e. The summed E-state index contributed by atoms with van der Waals surface area (Å²) in [6.07, 6.45) is 2.59. The first-order valence-electron chi connectivity index (χ1n) is 4.49. The van der Waals surface area contributed by atoms with E-state index in [9.17, 15) is 0 Å². The molecule has 2 rings (SSSR count). The quantitative estimate of drug-likeness (QED) is 0.872. The smallest absolute Gasteiger partial charge is 0.127 e. The minimum Gasteiger partial charge on any atom is -0.347 e. The summed E-state index contributed by atoms with van der Waals surface area (Å²) in [5.41, 5.74) is 3.71. The molecule has 0 aliphatic rings. The molecule has 0 bridgehead atoms. The maximum atomic E-state index is 4.10. The summed E-state index contributed by atoms with van der Waals surface area (Å²) in [6.45, 7) is 2.10. The van der Waals surface area contributed by atoms with Gasteiger partial charge in [0.2, 0.25) is 0 Å². The van der Waals surface area contributed by atoms with Gasteiger partial charge >= 0.3 is 0 Å². The number of aryl methyl sites for hydroxylation is 1. The Kier molecular flexibility index (Phi) is 2.68. The van der Waals surface area contributed by atoms with E-state index in [4.69, 9.17) is 0 Å². The molecule has 0 atom stereocenters. The average Bonchev–Trinajstić information content (AvgIpc) is 2.52. The van der Waals surface area contributed by atoms with Gasteiger partial charge in [-0.25, -0.2) is 4.98 Å². The highest BCUT2D eigenvalue weighted by Crippen LogP contribution is 2.16. The maximum absolute atomic E-state index is 4.10. The average molecular weight is 251 g/mol. The van der Waals surface area contributed by atoms with Gasteiger partial charge in [0.05, 0.1) is 12.0 Å². The third kappa shape index (κ3) is 2.04. The zero-order chi connectivity index (χ0) is 9.97. The van der Waals surface area contributed by atoms with Crippen molar-refractivity contribution in [3.8, 4) is 0 Å². The first-order valence-corrected chi connectivity index (χ1v) is 5.28. The second-order valence-electron chi connectivity index (χ2n) is 3.34. The van der Waals surface area contributed by atoms with Crippen LogP contribution in [0.15, 0.2) is 35.2 Å². The van der Waals surface area contributed by atoms with Crippen molar-refractivity contribution in [1.29, 1.82) is 0 Å². The highest BCUT2D eigenvalue weighted by atomic mass is 79.9. The summed E-state index contributed by atoms with van der Waals surface area (Å²) in [6, 6.07) is 8.49. The van der Waals surface area contributed by atoms with Gasteiger partial charge in [-0.15, -0.1) is 0 Å². The van der Waals surface area contributed by atoms with Crippen molar-refractivity contribution in [2.75, 3.05) is 0 Å². The van der Waals surface area contributed by atoms with Crippen LogP contribution in [-0.4, -0.2) is 9.97 Å². The van der Waals surface area contributed by atoms with Crippen molar-refractivity contribution in [3.63, 3.8) is 0 Å². The lowest BCUT2D eigenvalue weighted by Crippen LogP contribution is -1.89. The fraction of sp³-hybridized carbons (Fsp3) is 0.182. The first kappa shape index (κ1) is 9.46. The summed E-state index contributed by atoms with van der Waals surface area (Å²) < 4.78 is 0.902. The maximum Gasteiger partial charge on any atom is 0.127 e. The lowest BCUT2D eigenvalue weighted by Gasteiger charge is -2.00. The van der Waals surface area contributed by atoms with Crippen LogP contribution in [0.25, 0.3) is 0 Å². The third-order valence-electron chi connectivity index (χ3n) is 2.13. The number of H-pyrrole nitrogens is 1. The molecule has 0 spiro atoms. The summed E-state index contributed by atoms with van der Waals surface area (Å²) in [4.78, 5) is 7.21. The van der Waals surface area contributed by atoms with E-state index in [0.717, 1.165) is 16.7 Å². The van der Waals surface area contributed by atoms with E-state index >= 15 is 0 Å². The second kappa shape index (κ2) is 3.96. The highest BCUT2D eigenvalue weighted by molar-refractivity contribution is 9.10. The summed E-state index contributed by atoms with van der Waals surface area (Å²) >= 11 is 3.40. The molecular weight excluding hydrogens is 240 g/mol. The Morgan fingerprint density at radius 3 is 2.93 bits per heavy atom. The molecule has 3 heteroatoms. The predicted octanol–water partition coefficient (Wildman–Crippen LogP) is 3.07. The number of benzene rings is 1. The number of nitrogens with zero attached hydrogens (tertiary/aromatic N) is 1. The van der Waals surface area contributed by atoms with E-state index in [-0.39, 0.29) is 0 Å². The van der Waals surface area contributed by atoms with Crippen LogP contribution < -0.4 is 0 Å². The number of aromatic amines is 1. The molecule has 0 aliphatic heterocycles. The zero-order valence-corrected chi connectivity index (χ0v) is 9.51. The van der Waals surface area contributed by atoms with Crippen molar-refractivity contribution < 1.29 is 0 Å². The van der Waals surface area contributed by atoms with Crippen molar-refractivity contribution >= 4 is 15.9 Å². The molecule has 0 amide bonds. The molecule has 14 heavy (non-hydrogen) atoms. The SMILES string of the molecule is Cc1cccc(Cc2[nH]cnc2Br)c1. The van der Waals surface area contributed by atoms with Crippen LogP contribution in [0, 0.1) is 6.92 Å². The van der Waals surface area contributed by atoms with Gasteiger partial charge in [0.15, 0.2) is 0 Å². The number of nitrogens with one attached hydrogen (secondary N) is 1. The van der Waals surface area contributed by atoms with Crippen LogP contribution in [0.1, 0.15) is 16.8 Å². The Labute approximate surface area is 91.5 Å². The Hall–Kier alpha value is -1.09. The standard InChI is InChI=1S/C11H11BrN2/c1-8-3-2-4-9(5-8)6-10-11(12)14-7-13-10/h2-5,7H,6H2,1H3,(H,13,14). The summed E-state index contributed by atoms with van der Waals surface area (Å²) in [5.74, 6) is 0. The van der Waals surface area contributed by atoms with E-state index in [2.05, 4.69) is 57.1 Å². The summed E-state index contributed by atoms with van der Waals surface area (Å²) in [5, 5.41) is 0. The van der Waals surface area contributed by atoms with Crippen LogP contribution >= 0.6 is 15.9 Å².